The highest BCUT2D eigenvalue weighted by atomic mass is 79.9. The van der Waals surface area contributed by atoms with Crippen molar-refractivity contribution in [3.05, 3.63) is 33.3 Å². The molecule has 0 aromatic heterocycles. The second-order valence-corrected chi connectivity index (χ2v) is 6.75. The normalized spacial score (nSPS) is 15.3. The molecule has 0 spiro atoms. The van der Waals surface area contributed by atoms with Crippen molar-refractivity contribution < 1.29 is 4.79 Å². The zero-order valence-corrected chi connectivity index (χ0v) is 14.1. The summed E-state index contributed by atoms with van der Waals surface area (Å²) in [4.78, 5) is 14.8. The summed E-state index contributed by atoms with van der Waals surface area (Å²) in [5.74, 6) is -0.0564. The average Bonchev–Trinajstić information content (AvgIpc) is 2.92. The van der Waals surface area contributed by atoms with Crippen LogP contribution in [0.5, 0.6) is 0 Å². The molecule has 0 radical (unpaired) electrons. The van der Waals surface area contributed by atoms with Crippen molar-refractivity contribution in [3.63, 3.8) is 0 Å². The molecule has 1 amide bonds. The Labute approximate surface area is 137 Å². The molecule has 2 rings (SSSR count). The standard InChI is InChI=1S/C14H16BrClN2OS/c15-11-6-5-9(7-12(11)16)14(19)18(8-13(17)20)10-3-1-2-4-10/h5-7,10H,1-4,8H2,(H2,17,20). The fourth-order valence-corrected chi connectivity index (χ4v) is 3.11. The second-order valence-electron chi connectivity index (χ2n) is 4.97. The first-order chi connectivity index (χ1) is 9.49. The van der Waals surface area contributed by atoms with Gasteiger partial charge in [-0.25, -0.2) is 0 Å². The molecule has 0 bridgehead atoms. The molecule has 1 aliphatic rings. The van der Waals surface area contributed by atoms with Gasteiger partial charge in [0.25, 0.3) is 5.91 Å². The number of halogens is 2. The third-order valence-corrected chi connectivity index (χ3v) is 4.88. The summed E-state index contributed by atoms with van der Waals surface area (Å²) in [6.45, 7) is 0.326. The summed E-state index contributed by atoms with van der Waals surface area (Å²) in [5.41, 5.74) is 6.21. The Morgan fingerprint density at radius 1 is 1.45 bits per heavy atom. The number of hydrogen-bond donors (Lipinski definition) is 1. The fraction of sp³-hybridized carbons (Fsp3) is 0.429. The first kappa shape index (κ1) is 15.7. The van der Waals surface area contributed by atoms with Gasteiger partial charge in [-0.05, 0) is 47.0 Å². The van der Waals surface area contributed by atoms with Crippen LogP contribution >= 0.6 is 39.7 Å². The second kappa shape index (κ2) is 6.87. The zero-order valence-electron chi connectivity index (χ0n) is 10.9. The van der Waals surface area contributed by atoms with Crippen LogP contribution in [0.1, 0.15) is 36.0 Å². The third kappa shape index (κ3) is 3.71. The molecule has 0 unspecified atom stereocenters. The van der Waals surface area contributed by atoms with Crippen LogP contribution in [0.15, 0.2) is 22.7 Å². The minimum Gasteiger partial charge on any atom is -0.392 e. The Bertz CT molecular complexity index is 532. The van der Waals surface area contributed by atoms with E-state index in [0.29, 0.717) is 22.1 Å². The highest BCUT2D eigenvalue weighted by Gasteiger charge is 2.28. The average molecular weight is 376 g/mol. The van der Waals surface area contributed by atoms with Crippen LogP contribution in [-0.2, 0) is 0 Å². The van der Waals surface area contributed by atoms with Gasteiger partial charge in [0.05, 0.1) is 16.6 Å². The topological polar surface area (TPSA) is 46.3 Å². The van der Waals surface area contributed by atoms with Crippen LogP contribution in [0.3, 0.4) is 0 Å². The van der Waals surface area contributed by atoms with Gasteiger partial charge in [0.2, 0.25) is 0 Å². The van der Waals surface area contributed by atoms with E-state index in [1.54, 1.807) is 23.1 Å². The molecule has 6 heteroatoms. The number of benzene rings is 1. The van der Waals surface area contributed by atoms with E-state index in [1.165, 1.54) is 0 Å². The molecule has 1 aromatic carbocycles. The summed E-state index contributed by atoms with van der Waals surface area (Å²) in [5, 5.41) is 0.526. The molecule has 0 atom stereocenters. The summed E-state index contributed by atoms with van der Waals surface area (Å²) >= 11 is 14.4. The van der Waals surface area contributed by atoms with Crippen molar-refractivity contribution in [1.82, 2.24) is 4.90 Å². The fourth-order valence-electron chi connectivity index (χ4n) is 2.55. The smallest absolute Gasteiger partial charge is 0.254 e. The van der Waals surface area contributed by atoms with Gasteiger partial charge in [-0.3, -0.25) is 4.79 Å². The Hall–Kier alpha value is -0.650. The van der Waals surface area contributed by atoms with E-state index in [0.717, 1.165) is 30.2 Å². The summed E-state index contributed by atoms with van der Waals surface area (Å²) < 4.78 is 0.775. The number of carbonyl (C=O) groups is 1. The Morgan fingerprint density at radius 2 is 2.10 bits per heavy atom. The van der Waals surface area contributed by atoms with Crippen LogP contribution in [-0.4, -0.2) is 28.4 Å². The molecular formula is C14H16BrClN2OS. The largest absolute Gasteiger partial charge is 0.392 e. The number of nitrogens with two attached hydrogens (primary N) is 1. The van der Waals surface area contributed by atoms with E-state index in [4.69, 9.17) is 29.6 Å². The number of amides is 1. The van der Waals surface area contributed by atoms with Gasteiger partial charge in [0.15, 0.2) is 0 Å². The molecule has 2 N–H and O–H groups in total. The van der Waals surface area contributed by atoms with Crippen molar-refractivity contribution in [3.8, 4) is 0 Å². The summed E-state index contributed by atoms with van der Waals surface area (Å²) in [6.07, 6.45) is 4.32. The molecule has 1 aromatic rings. The van der Waals surface area contributed by atoms with E-state index in [9.17, 15) is 4.79 Å². The Balaban J connectivity index is 2.24. The first-order valence-corrected chi connectivity index (χ1v) is 8.11. The van der Waals surface area contributed by atoms with Crippen LogP contribution in [0.25, 0.3) is 0 Å². The predicted molar refractivity (Wildman–Crippen MR) is 89.2 cm³/mol. The number of thiocarbonyl (C=S) groups is 1. The molecule has 1 aliphatic carbocycles. The van der Waals surface area contributed by atoms with Crippen LogP contribution in [0.4, 0.5) is 0 Å². The zero-order chi connectivity index (χ0) is 14.7. The van der Waals surface area contributed by atoms with Crippen molar-refractivity contribution in [2.75, 3.05) is 6.54 Å². The Kier molecular flexibility index (Phi) is 5.41. The lowest BCUT2D eigenvalue weighted by molar-refractivity contribution is 0.0714. The number of rotatable bonds is 4. The van der Waals surface area contributed by atoms with Crippen molar-refractivity contribution in [1.29, 1.82) is 0 Å². The van der Waals surface area contributed by atoms with Gasteiger partial charge >= 0.3 is 0 Å². The predicted octanol–water partition coefficient (Wildman–Crippen LogP) is 3.77. The summed E-state index contributed by atoms with van der Waals surface area (Å²) in [7, 11) is 0. The molecular weight excluding hydrogens is 360 g/mol. The minimum absolute atomic E-state index is 0.0564. The van der Waals surface area contributed by atoms with Crippen molar-refractivity contribution >= 4 is 50.6 Å². The summed E-state index contributed by atoms with van der Waals surface area (Å²) in [6, 6.07) is 5.45. The lowest BCUT2D eigenvalue weighted by Gasteiger charge is -2.28. The molecule has 108 valence electrons. The van der Waals surface area contributed by atoms with Crippen molar-refractivity contribution in [2.45, 2.75) is 31.7 Å². The van der Waals surface area contributed by atoms with Gasteiger partial charge in [-0.15, -0.1) is 0 Å². The highest BCUT2D eigenvalue weighted by molar-refractivity contribution is 9.10. The van der Waals surface area contributed by atoms with E-state index in [-0.39, 0.29) is 11.9 Å². The quantitative estimate of drug-likeness (QED) is 0.815. The first-order valence-electron chi connectivity index (χ1n) is 6.53. The molecule has 1 fully saturated rings. The van der Waals surface area contributed by atoms with E-state index in [2.05, 4.69) is 15.9 Å². The van der Waals surface area contributed by atoms with Gasteiger partial charge < -0.3 is 10.6 Å². The number of carbonyl (C=O) groups excluding carboxylic acids is 1. The highest BCUT2D eigenvalue weighted by Crippen LogP contribution is 2.27. The molecule has 20 heavy (non-hydrogen) atoms. The number of hydrogen-bond acceptors (Lipinski definition) is 2. The van der Waals surface area contributed by atoms with Crippen LogP contribution in [0, 0.1) is 0 Å². The van der Waals surface area contributed by atoms with Gasteiger partial charge in [-0.2, -0.15) is 0 Å². The molecule has 0 heterocycles. The lowest BCUT2D eigenvalue weighted by Crippen LogP contribution is -2.43. The van der Waals surface area contributed by atoms with E-state index >= 15 is 0 Å². The maximum atomic E-state index is 12.7. The van der Waals surface area contributed by atoms with E-state index in [1.807, 2.05) is 0 Å². The maximum Gasteiger partial charge on any atom is 0.254 e. The van der Waals surface area contributed by atoms with Crippen LogP contribution < -0.4 is 5.73 Å². The van der Waals surface area contributed by atoms with Crippen LogP contribution in [0.2, 0.25) is 5.02 Å². The van der Waals surface area contributed by atoms with Crippen molar-refractivity contribution in [2.24, 2.45) is 5.73 Å². The monoisotopic (exact) mass is 374 g/mol. The SMILES string of the molecule is NC(=S)CN(C(=O)c1ccc(Br)c(Cl)c1)C1CCCC1. The molecule has 0 saturated heterocycles. The maximum absolute atomic E-state index is 12.7. The van der Waals surface area contributed by atoms with Gasteiger partial charge in [0, 0.05) is 16.1 Å². The molecule has 3 nitrogen and oxygen atoms in total. The Morgan fingerprint density at radius 3 is 2.65 bits per heavy atom. The number of nitrogens with zero attached hydrogens (tertiary/aromatic N) is 1. The van der Waals surface area contributed by atoms with E-state index < -0.39 is 0 Å². The van der Waals surface area contributed by atoms with Gasteiger partial charge in [0.1, 0.15) is 0 Å². The molecule has 0 aliphatic heterocycles. The van der Waals surface area contributed by atoms with Gasteiger partial charge in [-0.1, -0.05) is 36.7 Å². The molecule has 1 saturated carbocycles. The lowest BCUT2D eigenvalue weighted by atomic mass is 10.1. The third-order valence-electron chi connectivity index (χ3n) is 3.52. The minimum atomic E-state index is -0.0564.